The third-order valence-corrected chi connectivity index (χ3v) is 1.41. The summed E-state index contributed by atoms with van der Waals surface area (Å²) in [5.41, 5.74) is 0.475. The SMILES string of the molecule is CCOc1ccc(NC(=O)[O-])cc1. The first-order valence-electron chi connectivity index (χ1n) is 3.93. The van der Waals surface area contributed by atoms with Crippen LogP contribution in [0, 0.1) is 0 Å². The summed E-state index contributed by atoms with van der Waals surface area (Å²) in [7, 11) is 0. The summed E-state index contributed by atoms with van der Waals surface area (Å²) in [6.45, 7) is 2.47. The summed E-state index contributed by atoms with van der Waals surface area (Å²) in [6.07, 6.45) is -1.32. The summed E-state index contributed by atoms with van der Waals surface area (Å²) in [5.74, 6) is 0.714. The number of benzene rings is 1. The number of hydrogen-bond donors (Lipinski definition) is 1. The van der Waals surface area contributed by atoms with Crippen molar-refractivity contribution in [2.45, 2.75) is 6.92 Å². The van der Waals surface area contributed by atoms with E-state index >= 15 is 0 Å². The number of anilines is 1. The van der Waals surface area contributed by atoms with Crippen LogP contribution in [0.15, 0.2) is 24.3 Å². The third kappa shape index (κ3) is 3.02. The van der Waals surface area contributed by atoms with Crippen LogP contribution in [0.1, 0.15) is 6.92 Å². The lowest BCUT2D eigenvalue weighted by Gasteiger charge is -2.07. The number of rotatable bonds is 3. The highest BCUT2D eigenvalue weighted by Gasteiger charge is 1.93. The largest absolute Gasteiger partial charge is 0.530 e. The molecule has 0 saturated heterocycles. The highest BCUT2D eigenvalue weighted by Crippen LogP contribution is 2.14. The van der Waals surface area contributed by atoms with Crippen LogP contribution in [0.4, 0.5) is 10.5 Å². The number of hydrogen-bond acceptors (Lipinski definition) is 3. The second-order valence-electron chi connectivity index (χ2n) is 2.37. The molecule has 13 heavy (non-hydrogen) atoms. The molecule has 4 nitrogen and oxygen atoms in total. The van der Waals surface area contributed by atoms with Crippen molar-refractivity contribution >= 4 is 11.8 Å². The Labute approximate surface area is 76.1 Å². The molecule has 0 unspecified atom stereocenters. The fourth-order valence-corrected chi connectivity index (χ4v) is 0.919. The lowest BCUT2D eigenvalue weighted by atomic mass is 10.3. The average molecular weight is 180 g/mol. The van der Waals surface area contributed by atoms with Gasteiger partial charge in [-0.2, -0.15) is 0 Å². The van der Waals surface area contributed by atoms with Gasteiger partial charge in [-0.1, -0.05) is 0 Å². The number of ether oxygens (including phenoxy) is 1. The van der Waals surface area contributed by atoms with E-state index in [-0.39, 0.29) is 0 Å². The van der Waals surface area contributed by atoms with Gasteiger partial charge in [-0.15, -0.1) is 0 Å². The Balaban J connectivity index is 2.64. The monoisotopic (exact) mass is 180 g/mol. The van der Waals surface area contributed by atoms with Gasteiger partial charge in [0.25, 0.3) is 0 Å². The molecule has 0 atom stereocenters. The second kappa shape index (κ2) is 4.35. The van der Waals surface area contributed by atoms with Crippen LogP contribution in [0.2, 0.25) is 0 Å². The number of nitrogens with one attached hydrogen (secondary N) is 1. The van der Waals surface area contributed by atoms with Crippen molar-refractivity contribution in [3.8, 4) is 5.75 Å². The predicted molar refractivity (Wildman–Crippen MR) is 46.6 cm³/mol. The van der Waals surface area contributed by atoms with E-state index in [0.717, 1.165) is 0 Å². The standard InChI is InChI=1S/C9H11NO3/c1-2-13-8-5-3-7(4-6-8)10-9(11)12/h3-6,10H,2H2,1H3,(H,11,12)/p-1. The van der Waals surface area contributed by atoms with Crippen molar-refractivity contribution in [3.05, 3.63) is 24.3 Å². The van der Waals surface area contributed by atoms with Gasteiger partial charge in [0.2, 0.25) is 0 Å². The molecule has 1 N–H and O–H groups in total. The Morgan fingerprint density at radius 1 is 1.46 bits per heavy atom. The van der Waals surface area contributed by atoms with Crippen LogP contribution in [0.25, 0.3) is 0 Å². The van der Waals surface area contributed by atoms with Crippen LogP contribution < -0.4 is 15.2 Å². The first-order chi connectivity index (χ1) is 6.22. The zero-order valence-electron chi connectivity index (χ0n) is 7.24. The van der Waals surface area contributed by atoms with Gasteiger partial charge in [-0.3, -0.25) is 0 Å². The fraction of sp³-hybridized carbons (Fsp3) is 0.222. The first-order valence-corrected chi connectivity index (χ1v) is 3.93. The molecule has 0 aromatic heterocycles. The Kier molecular flexibility index (Phi) is 3.14. The van der Waals surface area contributed by atoms with E-state index in [2.05, 4.69) is 5.32 Å². The van der Waals surface area contributed by atoms with Crippen LogP contribution in [0.3, 0.4) is 0 Å². The zero-order chi connectivity index (χ0) is 9.68. The van der Waals surface area contributed by atoms with E-state index in [4.69, 9.17) is 4.74 Å². The van der Waals surface area contributed by atoms with E-state index in [1.807, 2.05) is 6.92 Å². The topological polar surface area (TPSA) is 61.4 Å². The number of carboxylic acid groups (broad SMARTS) is 1. The van der Waals surface area contributed by atoms with Crippen LogP contribution in [-0.2, 0) is 0 Å². The molecule has 0 bridgehead atoms. The molecule has 0 fully saturated rings. The molecular formula is C9H10NO3-. The maximum atomic E-state index is 10.1. The highest BCUT2D eigenvalue weighted by molar-refractivity contribution is 5.81. The van der Waals surface area contributed by atoms with E-state index in [9.17, 15) is 9.90 Å². The fourth-order valence-electron chi connectivity index (χ4n) is 0.919. The van der Waals surface area contributed by atoms with E-state index < -0.39 is 6.09 Å². The summed E-state index contributed by atoms with van der Waals surface area (Å²) in [6, 6.07) is 6.60. The van der Waals surface area contributed by atoms with Gasteiger partial charge in [0.05, 0.1) is 6.61 Å². The van der Waals surface area contributed by atoms with Gasteiger partial charge in [0.1, 0.15) is 11.8 Å². The summed E-state index contributed by atoms with van der Waals surface area (Å²) in [5, 5.41) is 12.2. The van der Waals surface area contributed by atoms with Crippen molar-refractivity contribution in [2.75, 3.05) is 11.9 Å². The highest BCUT2D eigenvalue weighted by atomic mass is 16.5. The summed E-state index contributed by atoms with van der Waals surface area (Å²) in [4.78, 5) is 10.1. The van der Waals surface area contributed by atoms with Gasteiger partial charge in [-0.25, -0.2) is 0 Å². The third-order valence-electron chi connectivity index (χ3n) is 1.41. The lowest BCUT2D eigenvalue weighted by Crippen LogP contribution is -2.28. The molecule has 0 saturated carbocycles. The van der Waals surface area contributed by atoms with Crippen LogP contribution in [0.5, 0.6) is 5.75 Å². The molecule has 0 aliphatic heterocycles. The predicted octanol–water partition coefficient (Wildman–Crippen LogP) is 0.840. The smallest absolute Gasteiger partial charge is 0.138 e. The van der Waals surface area contributed by atoms with Crippen LogP contribution in [-0.4, -0.2) is 12.7 Å². The van der Waals surface area contributed by atoms with Crippen molar-refractivity contribution in [3.63, 3.8) is 0 Å². The van der Waals surface area contributed by atoms with Gasteiger partial charge in [0, 0.05) is 5.69 Å². The van der Waals surface area contributed by atoms with E-state index in [1.54, 1.807) is 24.3 Å². The molecule has 0 heterocycles. The van der Waals surface area contributed by atoms with Crippen molar-refractivity contribution in [2.24, 2.45) is 0 Å². The minimum absolute atomic E-state index is 0.475. The average Bonchev–Trinajstić information content (AvgIpc) is 2.08. The van der Waals surface area contributed by atoms with Gasteiger partial charge >= 0.3 is 0 Å². The molecule has 1 aromatic rings. The van der Waals surface area contributed by atoms with Crippen molar-refractivity contribution in [1.82, 2.24) is 0 Å². The quantitative estimate of drug-likeness (QED) is 0.749. The number of amides is 1. The Hall–Kier alpha value is -1.71. The maximum Gasteiger partial charge on any atom is 0.138 e. The minimum Gasteiger partial charge on any atom is -0.530 e. The molecule has 0 spiro atoms. The van der Waals surface area contributed by atoms with Crippen molar-refractivity contribution < 1.29 is 14.6 Å². The second-order valence-corrected chi connectivity index (χ2v) is 2.37. The Morgan fingerprint density at radius 2 is 2.08 bits per heavy atom. The zero-order valence-corrected chi connectivity index (χ0v) is 7.24. The lowest BCUT2D eigenvalue weighted by molar-refractivity contribution is -0.242. The normalized spacial score (nSPS) is 9.31. The number of carbonyl (C=O) groups is 1. The Morgan fingerprint density at radius 3 is 2.54 bits per heavy atom. The number of carbonyl (C=O) groups excluding carboxylic acids is 1. The van der Waals surface area contributed by atoms with Crippen molar-refractivity contribution in [1.29, 1.82) is 0 Å². The van der Waals surface area contributed by atoms with E-state index in [0.29, 0.717) is 18.0 Å². The molecule has 1 amide bonds. The molecule has 4 heteroatoms. The molecule has 0 radical (unpaired) electrons. The van der Waals surface area contributed by atoms with Gasteiger partial charge in [-0.05, 0) is 31.2 Å². The maximum absolute atomic E-state index is 10.1. The van der Waals surface area contributed by atoms with Gasteiger partial charge in [0.15, 0.2) is 0 Å². The molecule has 70 valence electrons. The summed E-state index contributed by atoms with van der Waals surface area (Å²) < 4.78 is 5.17. The molecule has 1 aromatic carbocycles. The molecular weight excluding hydrogens is 170 g/mol. The van der Waals surface area contributed by atoms with Crippen LogP contribution >= 0.6 is 0 Å². The summed E-state index contributed by atoms with van der Waals surface area (Å²) >= 11 is 0. The minimum atomic E-state index is -1.32. The Bertz CT molecular complexity index is 281. The molecule has 0 aliphatic rings. The molecule has 1 rings (SSSR count). The van der Waals surface area contributed by atoms with Gasteiger partial charge < -0.3 is 20.0 Å². The van der Waals surface area contributed by atoms with E-state index in [1.165, 1.54) is 0 Å². The first kappa shape index (κ1) is 9.38. The molecule has 0 aliphatic carbocycles.